The SMILES string of the molecule is CCCCCCCCCCOC(=O)C(CCCC(C)C(=O)OCCCCCCCC)CCCC1C(=O)OC(=O)C1CCCC(C)C1CCC2OC2C1. The van der Waals surface area contributed by atoms with Gasteiger partial charge in [0.15, 0.2) is 0 Å². The fraction of sp³-hybridized carbons (Fsp3) is 0.909. The first kappa shape index (κ1) is 44.4. The van der Waals surface area contributed by atoms with E-state index in [1.165, 1.54) is 77.0 Å². The van der Waals surface area contributed by atoms with Crippen LogP contribution < -0.4 is 0 Å². The lowest BCUT2D eigenvalue weighted by molar-refractivity contribution is -0.154. The molecule has 300 valence electrons. The summed E-state index contributed by atoms with van der Waals surface area (Å²) in [6.07, 6.45) is 27.3. The van der Waals surface area contributed by atoms with Crippen molar-refractivity contribution in [1.82, 2.24) is 0 Å². The molecule has 3 rings (SSSR count). The molecule has 2 saturated heterocycles. The van der Waals surface area contributed by atoms with E-state index in [4.69, 9.17) is 18.9 Å². The zero-order valence-electron chi connectivity index (χ0n) is 33.7. The van der Waals surface area contributed by atoms with E-state index in [0.29, 0.717) is 75.8 Å². The van der Waals surface area contributed by atoms with Crippen molar-refractivity contribution in [1.29, 1.82) is 0 Å². The van der Waals surface area contributed by atoms with Gasteiger partial charge < -0.3 is 18.9 Å². The molecule has 0 N–H and O–H groups in total. The second-order valence-corrected chi connectivity index (χ2v) is 16.7. The van der Waals surface area contributed by atoms with Gasteiger partial charge in [0.2, 0.25) is 0 Å². The molecule has 0 amide bonds. The standard InChI is InChI=1S/C44H76O8/c1-5-7-9-11-13-14-16-18-31-50-42(46)35(24-19-23-34(4)41(45)49-30-17-15-12-10-8-6-2)25-21-27-38-37(43(47)52-44(38)48)26-20-22-33(3)36-28-29-39-40(32-36)51-39/h33-40H,5-32H2,1-4H3. The second kappa shape index (κ2) is 26.0. The van der Waals surface area contributed by atoms with Crippen LogP contribution >= 0.6 is 0 Å². The van der Waals surface area contributed by atoms with Crippen molar-refractivity contribution in [2.45, 2.75) is 207 Å². The van der Waals surface area contributed by atoms with E-state index in [2.05, 4.69) is 20.8 Å². The third-order valence-electron chi connectivity index (χ3n) is 12.3. The van der Waals surface area contributed by atoms with Crippen molar-refractivity contribution in [2.75, 3.05) is 13.2 Å². The van der Waals surface area contributed by atoms with Crippen LogP contribution in [0.1, 0.15) is 195 Å². The Morgan fingerprint density at radius 1 is 0.615 bits per heavy atom. The molecule has 0 aromatic heterocycles. The first-order valence-electron chi connectivity index (χ1n) is 22.0. The summed E-state index contributed by atoms with van der Waals surface area (Å²) in [5.41, 5.74) is 0. The highest BCUT2D eigenvalue weighted by molar-refractivity contribution is 5.96. The minimum atomic E-state index is -0.437. The van der Waals surface area contributed by atoms with Crippen molar-refractivity contribution in [3.05, 3.63) is 0 Å². The summed E-state index contributed by atoms with van der Waals surface area (Å²) in [6, 6.07) is 0. The number of unbranched alkanes of at least 4 members (excludes halogenated alkanes) is 12. The summed E-state index contributed by atoms with van der Waals surface area (Å²) < 4.78 is 22.2. The third kappa shape index (κ3) is 17.0. The Morgan fingerprint density at radius 3 is 1.71 bits per heavy atom. The van der Waals surface area contributed by atoms with Gasteiger partial charge in [-0.15, -0.1) is 0 Å². The molecular formula is C44H76O8. The van der Waals surface area contributed by atoms with Gasteiger partial charge in [0, 0.05) is 0 Å². The van der Waals surface area contributed by atoms with Crippen LogP contribution in [0.25, 0.3) is 0 Å². The second-order valence-electron chi connectivity index (χ2n) is 16.7. The molecule has 8 nitrogen and oxygen atoms in total. The van der Waals surface area contributed by atoms with Crippen LogP contribution in [0, 0.1) is 35.5 Å². The maximum atomic E-state index is 13.3. The molecule has 1 aliphatic carbocycles. The van der Waals surface area contributed by atoms with E-state index < -0.39 is 17.8 Å². The van der Waals surface area contributed by atoms with Crippen LogP contribution in [-0.4, -0.2) is 49.3 Å². The van der Waals surface area contributed by atoms with Crippen LogP contribution in [-0.2, 0) is 38.1 Å². The van der Waals surface area contributed by atoms with E-state index in [-0.39, 0.29) is 29.7 Å². The molecule has 8 atom stereocenters. The molecule has 52 heavy (non-hydrogen) atoms. The maximum absolute atomic E-state index is 13.3. The number of hydrogen-bond acceptors (Lipinski definition) is 8. The number of carbonyl (C=O) groups is 4. The smallest absolute Gasteiger partial charge is 0.317 e. The fourth-order valence-corrected chi connectivity index (χ4v) is 8.54. The monoisotopic (exact) mass is 733 g/mol. The van der Waals surface area contributed by atoms with E-state index in [0.717, 1.165) is 51.4 Å². The number of cyclic esters (lactones) is 2. The quantitative estimate of drug-likeness (QED) is 0.0228. The maximum Gasteiger partial charge on any atom is 0.317 e. The van der Waals surface area contributed by atoms with Crippen molar-refractivity contribution >= 4 is 23.9 Å². The molecule has 2 aliphatic heterocycles. The van der Waals surface area contributed by atoms with Crippen LogP contribution in [0.15, 0.2) is 0 Å². The molecule has 8 heteroatoms. The fourth-order valence-electron chi connectivity index (χ4n) is 8.54. The van der Waals surface area contributed by atoms with Gasteiger partial charge in [-0.1, -0.05) is 130 Å². The van der Waals surface area contributed by atoms with Crippen molar-refractivity contribution < 1.29 is 38.1 Å². The summed E-state index contributed by atoms with van der Waals surface area (Å²) in [4.78, 5) is 51.4. The van der Waals surface area contributed by atoms with Gasteiger partial charge in [-0.3, -0.25) is 19.2 Å². The van der Waals surface area contributed by atoms with E-state index >= 15 is 0 Å². The molecular weight excluding hydrogens is 656 g/mol. The number of fused-ring (bicyclic) bond motifs is 1. The summed E-state index contributed by atoms with van der Waals surface area (Å²) in [5.74, 6) is -1.19. The number of carbonyl (C=O) groups excluding carboxylic acids is 4. The van der Waals surface area contributed by atoms with E-state index in [1.54, 1.807) is 0 Å². The molecule has 0 bridgehead atoms. The molecule has 0 aromatic rings. The lowest BCUT2D eigenvalue weighted by Crippen LogP contribution is -2.22. The lowest BCUT2D eigenvalue weighted by Gasteiger charge is -2.26. The predicted molar refractivity (Wildman–Crippen MR) is 205 cm³/mol. The third-order valence-corrected chi connectivity index (χ3v) is 12.3. The minimum Gasteiger partial charge on any atom is -0.465 e. The zero-order valence-corrected chi connectivity index (χ0v) is 33.7. The topological polar surface area (TPSA) is 109 Å². The molecule has 3 fully saturated rings. The Bertz CT molecular complexity index is 1030. The summed E-state index contributed by atoms with van der Waals surface area (Å²) in [7, 11) is 0. The molecule has 0 radical (unpaired) electrons. The van der Waals surface area contributed by atoms with Crippen LogP contribution in [0.3, 0.4) is 0 Å². The highest BCUT2D eigenvalue weighted by Crippen LogP contribution is 2.43. The van der Waals surface area contributed by atoms with Crippen LogP contribution in [0.2, 0.25) is 0 Å². The van der Waals surface area contributed by atoms with Gasteiger partial charge in [0.05, 0.1) is 49.1 Å². The van der Waals surface area contributed by atoms with Crippen molar-refractivity contribution in [3.63, 3.8) is 0 Å². The summed E-state index contributed by atoms with van der Waals surface area (Å²) in [5, 5.41) is 0. The molecule has 0 spiro atoms. The van der Waals surface area contributed by atoms with E-state index in [9.17, 15) is 19.2 Å². The lowest BCUT2D eigenvalue weighted by atomic mass is 9.78. The van der Waals surface area contributed by atoms with Crippen molar-refractivity contribution in [2.24, 2.45) is 35.5 Å². The number of rotatable bonds is 31. The average Bonchev–Trinajstić information content (AvgIpc) is 3.87. The Balaban J connectivity index is 1.42. The summed E-state index contributed by atoms with van der Waals surface area (Å²) >= 11 is 0. The summed E-state index contributed by atoms with van der Waals surface area (Å²) in [6.45, 7) is 9.58. The Morgan fingerprint density at radius 2 is 1.13 bits per heavy atom. The van der Waals surface area contributed by atoms with Gasteiger partial charge in [-0.05, 0) is 76.0 Å². The first-order valence-corrected chi connectivity index (χ1v) is 22.0. The minimum absolute atomic E-state index is 0.156. The molecule has 8 unspecified atom stereocenters. The van der Waals surface area contributed by atoms with Gasteiger partial charge in [-0.25, -0.2) is 0 Å². The molecule has 3 aliphatic rings. The van der Waals surface area contributed by atoms with Gasteiger partial charge in [0.1, 0.15) is 0 Å². The van der Waals surface area contributed by atoms with Gasteiger partial charge >= 0.3 is 23.9 Å². The zero-order chi connectivity index (χ0) is 37.6. The first-order chi connectivity index (χ1) is 25.2. The van der Waals surface area contributed by atoms with Gasteiger partial charge in [0.25, 0.3) is 0 Å². The van der Waals surface area contributed by atoms with Crippen LogP contribution in [0.4, 0.5) is 0 Å². The number of esters is 4. The number of epoxide rings is 1. The van der Waals surface area contributed by atoms with Crippen LogP contribution in [0.5, 0.6) is 0 Å². The van der Waals surface area contributed by atoms with Gasteiger partial charge in [-0.2, -0.15) is 0 Å². The molecule has 2 heterocycles. The Labute approximate surface area is 317 Å². The Hall–Kier alpha value is -1.96. The van der Waals surface area contributed by atoms with E-state index in [1.807, 2.05) is 6.92 Å². The number of hydrogen-bond donors (Lipinski definition) is 0. The number of ether oxygens (including phenoxy) is 4. The Kier molecular flexibility index (Phi) is 22.2. The average molecular weight is 733 g/mol. The largest absolute Gasteiger partial charge is 0.465 e. The highest BCUT2D eigenvalue weighted by Gasteiger charge is 2.46. The molecule has 0 aromatic carbocycles. The normalized spacial score (nSPS) is 24.2. The highest BCUT2D eigenvalue weighted by atomic mass is 16.6. The van der Waals surface area contributed by atoms with Crippen molar-refractivity contribution in [3.8, 4) is 0 Å². The molecule has 1 saturated carbocycles. The predicted octanol–water partition coefficient (Wildman–Crippen LogP) is 10.9.